The molecular formula is C13H21BrN2. The highest BCUT2D eigenvalue weighted by Crippen LogP contribution is 2.17. The maximum absolute atomic E-state index is 3.53. The summed E-state index contributed by atoms with van der Waals surface area (Å²) < 4.78 is 1.15. The second kappa shape index (κ2) is 7.05. The maximum atomic E-state index is 3.53. The Balaban J connectivity index is 2.32. The van der Waals surface area contributed by atoms with Gasteiger partial charge in [-0.25, -0.2) is 0 Å². The highest BCUT2D eigenvalue weighted by Gasteiger charge is 2.04. The van der Waals surface area contributed by atoms with Crippen LogP contribution < -0.4 is 5.32 Å². The molecule has 0 bridgehead atoms. The number of rotatable bonds is 6. The molecule has 0 fully saturated rings. The van der Waals surface area contributed by atoms with Gasteiger partial charge in [-0.05, 0) is 58.2 Å². The Labute approximate surface area is 107 Å². The zero-order valence-corrected chi connectivity index (χ0v) is 11.9. The number of halogens is 1. The van der Waals surface area contributed by atoms with Crippen molar-refractivity contribution in [2.24, 2.45) is 0 Å². The van der Waals surface area contributed by atoms with Crippen LogP contribution in [0.1, 0.15) is 24.9 Å². The predicted molar refractivity (Wildman–Crippen MR) is 73.7 cm³/mol. The van der Waals surface area contributed by atoms with E-state index in [0.29, 0.717) is 6.04 Å². The average molecular weight is 285 g/mol. The molecule has 1 N–H and O–H groups in total. The average Bonchev–Trinajstić information content (AvgIpc) is 2.24. The van der Waals surface area contributed by atoms with Crippen molar-refractivity contribution in [3.05, 3.63) is 34.3 Å². The molecule has 1 aromatic rings. The lowest BCUT2D eigenvalue weighted by molar-refractivity contribution is 0.389. The van der Waals surface area contributed by atoms with Crippen LogP contribution in [-0.2, 0) is 0 Å². The van der Waals surface area contributed by atoms with Crippen molar-refractivity contribution in [2.75, 3.05) is 27.2 Å². The van der Waals surface area contributed by atoms with Crippen LogP contribution in [-0.4, -0.2) is 32.1 Å². The third kappa shape index (κ3) is 5.10. The van der Waals surface area contributed by atoms with Crippen LogP contribution in [0.25, 0.3) is 0 Å². The Kier molecular flexibility index (Phi) is 6.03. The van der Waals surface area contributed by atoms with Crippen molar-refractivity contribution in [3.63, 3.8) is 0 Å². The first kappa shape index (κ1) is 13.7. The van der Waals surface area contributed by atoms with E-state index >= 15 is 0 Å². The van der Waals surface area contributed by atoms with Gasteiger partial charge in [-0.3, -0.25) is 0 Å². The SMILES string of the molecule is CC(NCCCN(C)C)c1cccc(Br)c1. The molecule has 1 unspecified atom stereocenters. The van der Waals surface area contributed by atoms with Crippen LogP contribution in [0.2, 0.25) is 0 Å². The second-order valence-corrected chi connectivity index (χ2v) is 5.30. The smallest absolute Gasteiger partial charge is 0.0292 e. The standard InChI is InChI=1S/C13H21BrN2/c1-11(15-8-5-9-16(2)3)12-6-4-7-13(14)10-12/h4,6-7,10-11,15H,5,8-9H2,1-3H3. The minimum absolute atomic E-state index is 0.416. The van der Waals surface area contributed by atoms with E-state index in [-0.39, 0.29) is 0 Å². The van der Waals surface area contributed by atoms with E-state index in [2.05, 4.69) is 71.4 Å². The maximum Gasteiger partial charge on any atom is 0.0292 e. The topological polar surface area (TPSA) is 15.3 Å². The number of benzene rings is 1. The van der Waals surface area contributed by atoms with Crippen LogP contribution in [0.5, 0.6) is 0 Å². The number of hydrogen-bond donors (Lipinski definition) is 1. The lowest BCUT2D eigenvalue weighted by Gasteiger charge is -2.15. The zero-order valence-electron chi connectivity index (χ0n) is 10.3. The third-order valence-corrected chi connectivity index (χ3v) is 3.07. The van der Waals surface area contributed by atoms with E-state index in [9.17, 15) is 0 Å². The van der Waals surface area contributed by atoms with Crippen molar-refractivity contribution >= 4 is 15.9 Å². The fraction of sp³-hybridized carbons (Fsp3) is 0.538. The van der Waals surface area contributed by atoms with Gasteiger partial charge in [-0.15, -0.1) is 0 Å². The van der Waals surface area contributed by atoms with Gasteiger partial charge in [0.1, 0.15) is 0 Å². The molecule has 0 radical (unpaired) electrons. The number of hydrogen-bond acceptors (Lipinski definition) is 2. The molecule has 0 spiro atoms. The van der Waals surface area contributed by atoms with Gasteiger partial charge in [0, 0.05) is 10.5 Å². The van der Waals surface area contributed by atoms with Gasteiger partial charge < -0.3 is 10.2 Å². The second-order valence-electron chi connectivity index (χ2n) is 4.39. The van der Waals surface area contributed by atoms with Crippen molar-refractivity contribution in [2.45, 2.75) is 19.4 Å². The minimum atomic E-state index is 0.416. The Morgan fingerprint density at radius 2 is 2.12 bits per heavy atom. The monoisotopic (exact) mass is 284 g/mol. The van der Waals surface area contributed by atoms with Crippen molar-refractivity contribution in [1.82, 2.24) is 10.2 Å². The lowest BCUT2D eigenvalue weighted by atomic mass is 10.1. The highest BCUT2D eigenvalue weighted by molar-refractivity contribution is 9.10. The van der Waals surface area contributed by atoms with E-state index < -0.39 is 0 Å². The molecule has 1 aromatic carbocycles. The van der Waals surface area contributed by atoms with E-state index in [1.807, 2.05) is 0 Å². The molecule has 0 saturated heterocycles. The molecule has 90 valence electrons. The zero-order chi connectivity index (χ0) is 12.0. The summed E-state index contributed by atoms with van der Waals surface area (Å²) in [7, 11) is 4.22. The van der Waals surface area contributed by atoms with E-state index in [1.54, 1.807) is 0 Å². The minimum Gasteiger partial charge on any atom is -0.310 e. The number of nitrogens with zero attached hydrogens (tertiary/aromatic N) is 1. The first-order valence-corrected chi connectivity index (χ1v) is 6.52. The van der Waals surface area contributed by atoms with Crippen LogP contribution in [0.4, 0.5) is 0 Å². The molecule has 0 aliphatic heterocycles. The van der Waals surface area contributed by atoms with E-state index in [4.69, 9.17) is 0 Å². The van der Waals surface area contributed by atoms with E-state index in [1.165, 1.54) is 12.0 Å². The van der Waals surface area contributed by atoms with Gasteiger partial charge in [0.15, 0.2) is 0 Å². The Morgan fingerprint density at radius 1 is 1.38 bits per heavy atom. The van der Waals surface area contributed by atoms with Crippen molar-refractivity contribution in [1.29, 1.82) is 0 Å². The molecule has 0 amide bonds. The molecule has 0 saturated carbocycles. The van der Waals surface area contributed by atoms with Gasteiger partial charge in [-0.2, -0.15) is 0 Å². The molecule has 0 aliphatic carbocycles. The van der Waals surface area contributed by atoms with Crippen LogP contribution in [0.15, 0.2) is 28.7 Å². The molecule has 0 heterocycles. The van der Waals surface area contributed by atoms with Gasteiger partial charge in [0.25, 0.3) is 0 Å². The van der Waals surface area contributed by atoms with Crippen molar-refractivity contribution < 1.29 is 0 Å². The summed E-state index contributed by atoms with van der Waals surface area (Å²) in [5.41, 5.74) is 1.33. The molecule has 1 atom stereocenters. The molecule has 16 heavy (non-hydrogen) atoms. The van der Waals surface area contributed by atoms with Gasteiger partial charge >= 0.3 is 0 Å². The molecular weight excluding hydrogens is 264 g/mol. The van der Waals surface area contributed by atoms with Gasteiger partial charge in [0.2, 0.25) is 0 Å². The Hall–Kier alpha value is -0.380. The lowest BCUT2D eigenvalue weighted by Crippen LogP contribution is -2.23. The van der Waals surface area contributed by atoms with Gasteiger partial charge in [-0.1, -0.05) is 28.1 Å². The summed E-state index contributed by atoms with van der Waals surface area (Å²) in [6.45, 7) is 4.40. The fourth-order valence-corrected chi connectivity index (χ4v) is 2.02. The quantitative estimate of drug-likeness (QED) is 0.808. The van der Waals surface area contributed by atoms with Crippen LogP contribution >= 0.6 is 15.9 Å². The normalized spacial score (nSPS) is 13.1. The van der Waals surface area contributed by atoms with E-state index in [0.717, 1.165) is 17.6 Å². The summed E-state index contributed by atoms with van der Waals surface area (Å²) >= 11 is 3.50. The third-order valence-electron chi connectivity index (χ3n) is 2.58. The summed E-state index contributed by atoms with van der Waals surface area (Å²) in [6, 6.07) is 8.89. The summed E-state index contributed by atoms with van der Waals surface area (Å²) in [5, 5.41) is 3.53. The molecule has 0 aliphatic rings. The summed E-state index contributed by atoms with van der Waals surface area (Å²) in [5.74, 6) is 0. The van der Waals surface area contributed by atoms with Crippen LogP contribution in [0, 0.1) is 0 Å². The first-order chi connectivity index (χ1) is 7.59. The van der Waals surface area contributed by atoms with Gasteiger partial charge in [0.05, 0.1) is 0 Å². The summed E-state index contributed by atoms with van der Waals surface area (Å²) in [4.78, 5) is 2.21. The fourth-order valence-electron chi connectivity index (χ4n) is 1.61. The molecule has 3 heteroatoms. The summed E-state index contributed by atoms with van der Waals surface area (Å²) in [6.07, 6.45) is 1.19. The Morgan fingerprint density at radius 3 is 2.75 bits per heavy atom. The molecule has 2 nitrogen and oxygen atoms in total. The first-order valence-electron chi connectivity index (χ1n) is 5.73. The Bertz CT molecular complexity index is 313. The highest BCUT2D eigenvalue weighted by atomic mass is 79.9. The van der Waals surface area contributed by atoms with Crippen LogP contribution in [0.3, 0.4) is 0 Å². The molecule has 0 aromatic heterocycles. The largest absolute Gasteiger partial charge is 0.310 e. The van der Waals surface area contributed by atoms with Crippen molar-refractivity contribution in [3.8, 4) is 0 Å². The molecule has 1 rings (SSSR count). The predicted octanol–water partition coefficient (Wildman–Crippen LogP) is 3.05. The number of nitrogens with one attached hydrogen (secondary N) is 1.